The summed E-state index contributed by atoms with van der Waals surface area (Å²) in [5, 5.41) is 0. The number of carbonyl (C=O) groups is 3. The SMILES string of the molecule is CC(C)C(OC(=O)C(=O)c1ccccc1)C(C)C(OC(=O)c1ccccc1)C(C)(C)C. The first-order valence-corrected chi connectivity index (χ1v) is 10.6. The van der Waals surface area contributed by atoms with E-state index in [1.807, 2.05) is 47.6 Å². The van der Waals surface area contributed by atoms with E-state index in [9.17, 15) is 14.4 Å². The minimum absolute atomic E-state index is 0.0807. The zero-order valence-corrected chi connectivity index (χ0v) is 19.1. The first-order chi connectivity index (χ1) is 14.5. The third-order valence-corrected chi connectivity index (χ3v) is 5.21. The molecule has 0 saturated carbocycles. The molecule has 0 aromatic heterocycles. The normalized spacial score (nSPS) is 14.4. The van der Waals surface area contributed by atoms with Crippen LogP contribution in [0.3, 0.4) is 0 Å². The van der Waals surface area contributed by atoms with Crippen molar-refractivity contribution in [3.8, 4) is 0 Å². The van der Waals surface area contributed by atoms with E-state index >= 15 is 0 Å². The van der Waals surface area contributed by atoms with Crippen LogP contribution >= 0.6 is 0 Å². The summed E-state index contributed by atoms with van der Waals surface area (Å²) in [5.74, 6) is -2.43. The van der Waals surface area contributed by atoms with Crippen LogP contribution in [0.2, 0.25) is 0 Å². The van der Waals surface area contributed by atoms with E-state index in [2.05, 4.69) is 0 Å². The summed E-state index contributed by atoms with van der Waals surface area (Å²) >= 11 is 0. The summed E-state index contributed by atoms with van der Waals surface area (Å²) in [7, 11) is 0. The lowest BCUT2D eigenvalue weighted by molar-refractivity contribution is -0.154. The van der Waals surface area contributed by atoms with Gasteiger partial charge >= 0.3 is 11.9 Å². The van der Waals surface area contributed by atoms with E-state index in [1.54, 1.807) is 54.6 Å². The van der Waals surface area contributed by atoms with E-state index in [0.29, 0.717) is 5.56 Å². The van der Waals surface area contributed by atoms with Crippen LogP contribution in [0.15, 0.2) is 60.7 Å². The van der Waals surface area contributed by atoms with Gasteiger partial charge in [-0.3, -0.25) is 4.79 Å². The van der Waals surface area contributed by atoms with E-state index in [0.717, 1.165) is 0 Å². The molecule has 0 amide bonds. The number of Topliss-reactive ketones (excluding diaryl/α,β-unsaturated/α-hetero) is 1. The molecule has 3 atom stereocenters. The van der Waals surface area contributed by atoms with E-state index in [-0.39, 0.29) is 17.4 Å². The molecular formula is C26H32O5. The second-order valence-electron chi connectivity index (χ2n) is 9.23. The molecule has 2 rings (SSSR count). The molecule has 2 aromatic rings. The van der Waals surface area contributed by atoms with Crippen LogP contribution in [0.5, 0.6) is 0 Å². The highest BCUT2D eigenvalue weighted by atomic mass is 16.6. The molecule has 0 radical (unpaired) electrons. The van der Waals surface area contributed by atoms with Crippen molar-refractivity contribution in [3.05, 3.63) is 71.8 Å². The second kappa shape index (κ2) is 10.4. The van der Waals surface area contributed by atoms with Gasteiger partial charge in [-0.2, -0.15) is 0 Å². The lowest BCUT2D eigenvalue weighted by Crippen LogP contribution is -2.46. The Labute approximate surface area is 184 Å². The molecule has 31 heavy (non-hydrogen) atoms. The maximum atomic E-state index is 12.7. The molecule has 5 heteroatoms. The number of hydrogen-bond donors (Lipinski definition) is 0. The van der Waals surface area contributed by atoms with Crippen LogP contribution in [-0.4, -0.2) is 29.9 Å². The van der Waals surface area contributed by atoms with Crippen molar-refractivity contribution in [2.24, 2.45) is 17.3 Å². The maximum Gasteiger partial charge on any atom is 0.379 e. The Balaban J connectivity index is 2.22. The number of rotatable bonds is 8. The van der Waals surface area contributed by atoms with Crippen molar-refractivity contribution in [2.75, 3.05) is 0 Å². The zero-order valence-electron chi connectivity index (χ0n) is 19.1. The predicted octanol–water partition coefficient (Wildman–Crippen LogP) is 5.34. The monoisotopic (exact) mass is 424 g/mol. The summed E-state index contributed by atoms with van der Waals surface area (Å²) in [5.41, 5.74) is 0.333. The largest absolute Gasteiger partial charge is 0.458 e. The third-order valence-electron chi connectivity index (χ3n) is 5.21. The van der Waals surface area contributed by atoms with Gasteiger partial charge in [-0.05, 0) is 23.5 Å². The first-order valence-electron chi connectivity index (χ1n) is 10.6. The van der Waals surface area contributed by atoms with E-state index < -0.39 is 35.3 Å². The molecular weight excluding hydrogens is 392 g/mol. The van der Waals surface area contributed by atoms with Gasteiger partial charge in [-0.15, -0.1) is 0 Å². The van der Waals surface area contributed by atoms with Crippen LogP contribution in [0, 0.1) is 17.3 Å². The zero-order chi connectivity index (χ0) is 23.2. The molecule has 0 bridgehead atoms. The summed E-state index contributed by atoms with van der Waals surface area (Å²) in [6.45, 7) is 11.6. The van der Waals surface area contributed by atoms with Gasteiger partial charge in [0.05, 0.1) is 5.56 Å². The van der Waals surface area contributed by atoms with Crippen molar-refractivity contribution in [2.45, 2.75) is 53.8 Å². The second-order valence-corrected chi connectivity index (χ2v) is 9.23. The summed E-state index contributed by atoms with van der Waals surface area (Å²) < 4.78 is 11.6. The van der Waals surface area contributed by atoms with Crippen molar-refractivity contribution in [1.29, 1.82) is 0 Å². The topological polar surface area (TPSA) is 69.7 Å². The van der Waals surface area contributed by atoms with Gasteiger partial charge in [0.1, 0.15) is 12.2 Å². The molecule has 0 aliphatic heterocycles. The average Bonchev–Trinajstić information content (AvgIpc) is 2.74. The van der Waals surface area contributed by atoms with Crippen molar-refractivity contribution >= 4 is 17.7 Å². The molecule has 2 aromatic carbocycles. The van der Waals surface area contributed by atoms with Crippen LogP contribution in [0.4, 0.5) is 0 Å². The average molecular weight is 425 g/mol. The van der Waals surface area contributed by atoms with Crippen molar-refractivity contribution < 1.29 is 23.9 Å². The highest BCUT2D eigenvalue weighted by molar-refractivity contribution is 6.40. The molecule has 0 heterocycles. The van der Waals surface area contributed by atoms with Crippen LogP contribution in [0.25, 0.3) is 0 Å². The molecule has 0 saturated heterocycles. The Morgan fingerprint density at radius 2 is 1.23 bits per heavy atom. The van der Waals surface area contributed by atoms with Gasteiger partial charge in [-0.25, -0.2) is 9.59 Å². The molecule has 3 unspecified atom stereocenters. The Morgan fingerprint density at radius 3 is 1.68 bits per heavy atom. The number of benzene rings is 2. The number of ketones is 1. The summed E-state index contributed by atoms with van der Waals surface area (Å²) in [6, 6.07) is 17.1. The number of carbonyl (C=O) groups excluding carboxylic acids is 3. The molecule has 0 fully saturated rings. The minimum atomic E-state index is -0.904. The van der Waals surface area contributed by atoms with Crippen LogP contribution < -0.4 is 0 Å². The lowest BCUT2D eigenvalue weighted by Gasteiger charge is -2.39. The first kappa shape index (κ1) is 24.3. The molecule has 0 aliphatic rings. The number of hydrogen-bond acceptors (Lipinski definition) is 5. The van der Waals surface area contributed by atoms with Crippen molar-refractivity contribution in [3.63, 3.8) is 0 Å². The fourth-order valence-corrected chi connectivity index (χ4v) is 3.74. The van der Waals surface area contributed by atoms with Gasteiger partial charge in [0.15, 0.2) is 0 Å². The quantitative estimate of drug-likeness (QED) is 0.325. The lowest BCUT2D eigenvalue weighted by atomic mass is 9.77. The molecule has 0 N–H and O–H groups in total. The van der Waals surface area contributed by atoms with E-state index in [1.165, 1.54) is 0 Å². The van der Waals surface area contributed by atoms with Crippen molar-refractivity contribution in [1.82, 2.24) is 0 Å². The fourth-order valence-electron chi connectivity index (χ4n) is 3.74. The van der Waals surface area contributed by atoms with Gasteiger partial charge < -0.3 is 9.47 Å². The van der Waals surface area contributed by atoms with Gasteiger partial charge in [0.2, 0.25) is 0 Å². The van der Waals surface area contributed by atoms with E-state index in [4.69, 9.17) is 9.47 Å². The predicted molar refractivity (Wildman–Crippen MR) is 120 cm³/mol. The fraction of sp³-hybridized carbons (Fsp3) is 0.423. The third kappa shape index (κ3) is 6.51. The Morgan fingerprint density at radius 1 is 0.742 bits per heavy atom. The Bertz CT molecular complexity index is 881. The smallest absolute Gasteiger partial charge is 0.379 e. The standard InChI is InChI=1S/C26H32O5/c1-17(2)22(30-25(29)21(27)19-13-9-7-10-14-19)18(3)23(26(4,5)6)31-24(28)20-15-11-8-12-16-20/h7-18,22-23H,1-6H3. The number of ether oxygens (including phenoxy) is 2. The minimum Gasteiger partial charge on any atom is -0.458 e. The van der Waals surface area contributed by atoms with Gasteiger partial charge in [0.25, 0.3) is 5.78 Å². The molecule has 166 valence electrons. The maximum absolute atomic E-state index is 12.7. The van der Waals surface area contributed by atoms with Crippen LogP contribution in [0.1, 0.15) is 62.3 Å². The highest BCUT2D eigenvalue weighted by Crippen LogP contribution is 2.34. The Kier molecular flexibility index (Phi) is 8.14. The van der Waals surface area contributed by atoms with Gasteiger partial charge in [-0.1, -0.05) is 90.1 Å². The highest BCUT2D eigenvalue weighted by Gasteiger charge is 2.40. The van der Waals surface area contributed by atoms with Crippen LogP contribution in [-0.2, 0) is 14.3 Å². The van der Waals surface area contributed by atoms with Gasteiger partial charge in [0, 0.05) is 11.5 Å². The summed E-state index contributed by atoms with van der Waals surface area (Å²) in [4.78, 5) is 37.8. The molecule has 5 nitrogen and oxygen atoms in total. The molecule has 0 spiro atoms. The molecule has 0 aliphatic carbocycles. The summed E-state index contributed by atoms with van der Waals surface area (Å²) in [6.07, 6.45) is -1.14. The Hall–Kier alpha value is -2.95. The number of esters is 2.